The third-order valence-corrected chi connectivity index (χ3v) is 0. The van der Waals surface area contributed by atoms with Gasteiger partial charge in [-0.25, -0.2) is 0 Å². The van der Waals surface area contributed by atoms with Crippen LogP contribution in [0.5, 0.6) is 0 Å². The second kappa shape index (κ2) is 30.9. The van der Waals surface area contributed by atoms with Gasteiger partial charge in [0.05, 0.1) is 7.82 Å². The van der Waals surface area contributed by atoms with Crippen molar-refractivity contribution in [2.45, 2.75) is 0 Å². The molecule has 0 aliphatic heterocycles. The van der Waals surface area contributed by atoms with E-state index in [2.05, 4.69) is 0 Å². The van der Waals surface area contributed by atoms with E-state index in [1.54, 1.807) is 0 Å². The molecule has 0 aliphatic carbocycles. The normalized spacial score (nSPS) is 6.94. The van der Waals surface area contributed by atoms with Crippen molar-refractivity contribution in [3.05, 3.63) is 0 Å². The topological polar surface area (TPSA) is 164 Å². The Morgan fingerprint density at radius 2 is 0.706 bits per heavy atom. The van der Waals surface area contributed by atoms with E-state index in [4.69, 9.17) is 38.5 Å². The Hall–Kier alpha value is 7.07. The van der Waals surface area contributed by atoms with Crippen LogP contribution in [0.1, 0.15) is 0 Å². The second-order valence-electron chi connectivity index (χ2n) is 0.959. The summed E-state index contributed by atoms with van der Waals surface area (Å²) in [5.74, 6) is 0. The van der Waals surface area contributed by atoms with Gasteiger partial charge in [0.1, 0.15) is 0 Å². The fourth-order valence-corrected chi connectivity index (χ4v) is 0. The van der Waals surface area contributed by atoms with Crippen molar-refractivity contribution < 1.29 is 255 Å². The molecule has 0 fully saturated rings. The minimum absolute atomic E-state index is 0. The van der Waals surface area contributed by atoms with E-state index in [1.165, 1.54) is 0 Å². The van der Waals surface area contributed by atoms with Crippen LogP contribution in [0.15, 0.2) is 0 Å². The van der Waals surface area contributed by atoms with Crippen molar-refractivity contribution in [2.24, 2.45) is 0 Å². The molecular formula is H3Cl2K2Na3O8P2. The summed E-state index contributed by atoms with van der Waals surface area (Å²) in [4.78, 5) is 47.2. The number of halogens is 2. The molecular weight excluding hydrogens is 408 g/mol. The maximum absolute atomic E-state index is 8.77. The van der Waals surface area contributed by atoms with Gasteiger partial charge in [0.25, 0.3) is 7.82 Å². The van der Waals surface area contributed by atoms with Crippen LogP contribution in [0, 0.1) is 0 Å². The van der Waals surface area contributed by atoms with Gasteiger partial charge in [0.15, 0.2) is 0 Å². The molecule has 0 heterocycles. The maximum Gasteiger partial charge on any atom is 1.00 e. The molecule has 0 aromatic carbocycles. The van der Waals surface area contributed by atoms with Crippen molar-refractivity contribution in [1.82, 2.24) is 0 Å². The van der Waals surface area contributed by atoms with Gasteiger partial charge in [-0.2, -0.15) is 0 Å². The molecule has 0 amide bonds. The second-order valence-corrected chi connectivity index (χ2v) is 2.88. The van der Waals surface area contributed by atoms with Gasteiger partial charge in [0, 0.05) is 0 Å². The third-order valence-electron chi connectivity index (χ3n) is 0. The summed E-state index contributed by atoms with van der Waals surface area (Å²) in [6, 6.07) is 0. The number of hydrogen-bond donors (Lipinski definition) is 3. The van der Waals surface area contributed by atoms with Crippen LogP contribution in [0.4, 0.5) is 0 Å². The zero-order chi connectivity index (χ0) is 9.00. The predicted octanol–water partition coefficient (Wildman–Crippen LogP) is -24.7. The standard InChI is InChI=1S/2ClH.2K.3Na.2H3O4P/c;;;;;;;2*1-5(2,3)4/h2*1H;;;;;;2*(H3,1,2,3,4)/q;;5*+1;;/p-5. The minimum atomic E-state index is -5.14. The van der Waals surface area contributed by atoms with Crippen molar-refractivity contribution in [1.29, 1.82) is 0 Å². The van der Waals surface area contributed by atoms with Crippen LogP contribution in [0.2, 0.25) is 0 Å². The molecule has 0 radical (unpaired) electrons. The fourth-order valence-electron chi connectivity index (χ4n) is 0. The Morgan fingerprint density at radius 3 is 0.706 bits per heavy atom. The molecule has 8 nitrogen and oxygen atoms in total. The molecule has 3 N–H and O–H groups in total. The fraction of sp³-hybridized carbons (Fsp3) is 0. The molecule has 0 rings (SSSR count). The van der Waals surface area contributed by atoms with E-state index >= 15 is 0 Å². The summed E-state index contributed by atoms with van der Waals surface area (Å²) in [5, 5.41) is 0. The number of hydrogen-bond acceptors (Lipinski definition) is 5. The first-order chi connectivity index (χ1) is 4.00. The first-order valence-corrected chi connectivity index (χ1v) is 4.54. The zero-order valence-electron chi connectivity index (χ0n) is 10.0. The Balaban J connectivity index is -0.00000000762. The summed E-state index contributed by atoms with van der Waals surface area (Å²) >= 11 is 0. The summed E-state index contributed by atoms with van der Waals surface area (Å²) in [6.45, 7) is 0. The molecule has 0 aromatic rings. The van der Waals surface area contributed by atoms with Gasteiger partial charge in [-0.05, 0) is 0 Å². The van der Waals surface area contributed by atoms with Crippen LogP contribution in [-0.4, -0.2) is 14.7 Å². The summed E-state index contributed by atoms with van der Waals surface area (Å²) in [5.41, 5.74) is 0. The Kier molecular flexibility index (Phi) is 103. The molecule has 0 spiro atoms. The van der Waals surface area contributed by atoms with Crippen molar-refractivity contribution in [3.63, 3.8) is 0 Å². The maximum atomic E-state index is 8.77. The largest absolute Gasteiger partial charge is 1.00 e. The Bertz CT molecular complexity index is 147. The van der Waals surface area contributed by atoms with Crippen molar-refractivity contribution in [3.8, 4) is 0 Å². The number of phosphoric acid groups is 2. The van der Waals surface area contributed by atoms with Crippen LogP contribution in [0.3, 0.4) is 0 Å². The van der Waals surface area contributed by atoms with Gasteiger partial charge in [-0.1, -0.05) is 0 Å². The summed E-state index contributed by atoms with van der Waals surface area (Å²) in [6.07, 6.45) is 0. The quantitative estimate of drug-likeness (QED) is 0.261. The molecule has 0 saturated heterocycles. The average molecular weight is 411 g/mol. The molecule has 17 heavy (non-hydrogen) atoms. The first-order valence-electron chi connectivity index (χ1n) is 1.51. The molecule has 0 bridgehead atoms. The van der Waals surface area contributed by atoms with Gasteiger partial charge in [0.2, 0.25) is 0 Å². The average Bonchev–Trinajstić information content (AvgIpc) is 1.12. The minimum Gasteiger partial charge on any atom is -1.00 e. The monoisotopic (exact) mass is 410 g/mol. The molecule has 17 heteroatoms. The van der Waals surface area contributed by atoms with Crippen LogP contribution >= 0.6 is 15.6 Å². The van der Waals surface area contributed by atoms with Crippen LogP contribution in [-0.2, 0) is 9.13 Å². The first kappa shape index (κ1) is 56.4. The van der Waals surface area contributed by atoms with E-state index in [9.17, 15) is 0 Å². The van der Waals surface area contributed by atoms with E-state index in [1.807, 2.05) is 0 Å². The summed E-state index contributed by atoms with van der Waals surface area (Å²) in [7, 11) is -10.0. The van der Waals surface area contributed by atoms with E-state index in [0.29, 0.717) is 0 Å². The molecule has 0 atom stereocenters. The zero-order valence-corrected chi connectivity index (χ0v) is 25.6. The molecule has 0 unspecified atom stereocenters. The molecule has 0 aromatic heterocycles. The van der Waals surface area contributed by atoms with Crippen molar-refractivity contribution in [2.75, 3.05) is 0 Å². The molecule has 0 saturated carbocycles. The van der Waals surface area contributed by atoms with E-state index in [-0.39, 0.29) is 216 Å². The van der Waals surface area contributed by atoms with Gasteiger partial charge in [-0.15, -0.1) is 0 Å². The number of rotatable bonds is 0. The molecule has 80 valence electrons. The SMILES string of the molecule is O=P([O-])(O)O.O=P([O-])([O-])O.[Cl-].[Cl-].[K+].[K+].[Na+].[Na+].[Na+]. The van der Waals surface area contributed by atoms with Gasteiger partial charge >= 0.3 is 191 Å². The van der Waals surface area contributed by atoms with Gasteiger partial charge < -0.3 is 58.7 Å². The summed E-state index contributed by atoms with van der Waals surface area (Å²) < 4.78 is 17.4. The van der Waals surface area contributed by atoms with Crippen molar-refractivity contribution >= 4 is 15.6 Å². The smallest absolute Gasteiger partial charge is 1.00 e. The van der Waals surface area contributed by atoms with Crippen LogP contribution < -0.4 is 231 Å². The predicted molar refractivity (Wildman–Crippen MR) is 21.9 cm³/mol. The van der Waals surface area contributed by atoms with Gasteiger partial charge in [-0.3, -0.25) is 4.57 Å². The van der Waals surface area contributed by atoms with E-state index < -0.39 is 15.6 Å². The van der Waals surface area contributed by atoms with E-state index in [0.717, 1.165) is 0 Å². The Morgan fingerprint density at radius 1 is 0.706 bits per heavy atom. The Labute approximate surface area is 263 Å². The third kappa shape index (κ3) is 205. The van der Waals surface area contributed by atoms with Crippen LogP contribution in [0.25, 0.3) is 0 Å². The molecule has 0 aliphatic rings.